The van der Waals surface area contributed by atoms with Gasteiger partial charge in [0.05, 0.1) is 12.2 Å². The van der Waals surface area contributed by atoms with Crippen LogP contribution in [0.3, 0.4) is 0 Å². The van der Waals surface area contributed by atoms with Crippen LogP contribution >= 0.6 is 0 Å². The maximum Gasteiger partial charge on any atom is 0.289 e. The van der Waals surface area contributed by atoms with E-state index in [2.05, 4.69) is 31.2 Å². The van der Waals surface area contributed by atoms with E-state index in [-0.39, 0.29) is 36.9 Å². The highest BCUT2D eigenvalue weighted by Crippen LogP contribution is 2.38. The van der Waals surface area contributed by atoms with Crippen molar-refractivity contribution in [3.05, 3.63) is 24.3 Å². The molecule has 4 fully saturated rings. The minimum Gasteiger partial charge on any atom is -0.348 e. The molecule has 3 aliphatic carbocycles. The molecule has 4 unspecified atom stereocenters. The van der Waals surface area contributed by atoms with Crippen LogP contribution in [0.4, 0.5) is 0 Å². The lowest BCUT2D eigenvalue weighted by atomic mass is 9.82. The molecule has 5 amide bonds. The van der Waals surface area contributed by atoms with Crippen LogP contribution in [-0.4, -0.2) is 87.9 Å². The Morgan fingerprint density at radius 3 is 2.12 bits per heavy atom. The monoisotopic (exact) mass is 697 g/mol. The highest BCUT2D eigenvalue weighted by atomic mass is 16.2. The van der Waals surface area contributed by atoms with Crippen LogP contribution in [-0.2, 0) is 24.0 Å². The predicted molar refractivity (Wildman–Crippen MR) is 189 cm³/mol. The molecule has 50 heavy (non-hydrogen) atoms. The molecule has 0 aromatic carbocycles. The molecule has 13 heteroatoms. The summed E-state index contributed by atoms with van der Waals surface area (Å²) in [5, 5.41) is 11.0. The Bertz CT molecular complexity index is 1300. The van der Waals surface area contributed by atoms with Gasteiger partial charge in [0.15, 0.2) is 0 Å². The molecule has 1 aliphatic heterocycles. The minimum absolute atomic E-state index is 0. The third-order valence-corrected chi connectivity index (χ3v) is 10.2. The molecule has 1 saturated heterocycles. The number of fused-ring (bicyclic) bond motifs is 1. The van der Waals surface area contributed by atoms with Crippen molar-refractivity contribution in [1.82, 2.24) is 36.1 Å². The zero-order valence-corrected chi connectivity index (χ0v) is 29.5. The van der Waals surface area contributed by atoms with Crippen LogP contribution in [0.1, 0.15) is 123 Å². The van der Waals surface area contributed by atoms with Gasteiger partial charge in [0, 0.05) is 31.5 Å². The number of Topliss-reactive ketones (excluding diaryl/α,β-unsaturated/α-hetero) is 1. The van der Waals surface area contributed by atoms with Crippen LogP contribution in [0.25, 0.3) is 0 Å². The maximum absolute atomic E-state index is 13.6. The molecule has 4 aliphatic rings. The summed E-state index contributed by atoms with van der Waals surface area (Å²) >= 11 is 0. The lowest BCUT2D eigenvalue weighted by Gasteiger charge is -2.36. The highest BCUT2D eigenvalue weighted by Gasteiger charge is 2.44. The average molecular weight is 698 g/mol. The van der Waals surface area contributed by atoms with Gasteiger partial charge in [-0.1, -0.05) is 67.2 Å². The molecule has 5 atom stereocenters. The average Bonchev–Trinajstić information content (AvgIpc) is 3.64. The van der Waals surface area contributed by atoms with Gasteiger partial charge in [0.25, 0.3) is 11.8 Å². The standard InChI is InChI=1S/C26H39N5O3.C10H16N2O3.CH4/c1-26(2,3)22(25(34)31-15-18-10-7-11-19(18)16-31)30-24(33)21(17-8-5-4-6-9-17)29-23(32)20-14-27-12-13-28-20;1-2-3-8(11-6-13)9(14)10(15)12-7-4-5-7;/h12-14,17-19,21-22H,4-11,15-16H2,1-3H3,(H,29,32)(H,30,33);6-8H,2-5H2,1H3,(H,11,13)(H,12,15);1H4/t18-,19?,21?,22?;;/m1../s1. The zero-order valence-electron chi connectivity index (χ0n) is 29.5. The van der Waals surface area contributed by atoms with Gasteiger partial charge in [-0.3, -0.25) is 33.8 Å². The summed E-state index contributed by atoms with van der Waals surface area (Å²) < 4.78 is 0. The van der Waals surface area contributed by atoms with E-state index in [9.17, 15) is 28.8 Å². The topological polar surface area (TPSA) is 180 Å². The quantitative estimate of drug-likeness (QED) is 0.179. The molecule has 0 radical (unpaired) electrons. The van der Waals surface area contributed by atoms with E-state index in [4.69, 9.17) is 0 Å². The number of likely N-dealkylation sites (tertiary alicyclic amines) is 1. The summed E-state index contributed by atoms with van der Waals surface area (Å²) in [5.41, 5.74) is -0.264. The van der Waals surface area contributed by atoms with E-state index in [1.807, 2.05) is 32.6 Å². The predicted octanol–water partition coefficient (Wildman–Crippen LogP) is 3.33. The Morgan fingerprint density at radius 2 is 1.58 bits per heavy atom. The fourth-order valence-electron chi connectivity index (χ4n) is 7.28. The molecule has 3 saturated carbocycles. The van der Waals surface area contributed by atoms with E-state index < -0.39 is 41.1 Å². The molecule has 0 spiro atoms. The van der Waals surface area contributed by atoms with Crippen LogP contribution in [0.5, 0.6) is 0 Å². The Morgan fingerprint density at radius 1 is 0.920 bits per heavy atom. The fraction of sp³-hybridized carbons (Fsp3) is 0.730. The second kappa shape index (κ2) is 18.9. The van der Waals surface area contributed by atoms with Gasteiger partial charge in [0.1, 0.15) is 17.8 Å². The summed E-state index contributed by atoms with van der Waals surface area (Å²) in [6.45, 7) is 9.44. The van der Waals surface area contributed by atoms with Crippen molar-refractivity contribution < 1.29 is 28.8 Å². The zero-order chi connectivity index (χ0) is 35.6. The lowest BCUT2D eigenvalue weighted by Crippen LogP contribution is -2.60. The number of amides is 5. The smallest absolute Gasteiger partial charge is 0.289 e. The number of rotatable bonds is 13. The SMILES string of the molecule is C.CC(C)(C)C(NC(=O)C(NC(=O)c1cnccn1)C1CCCCC1)C(=O)N1CC2CCC[C@@H]2C1.CCCC(NC=O)C(=O)C(=O)NC1CC1. The van der Waals surface area contributed by atoms with Crippen molar-refractivity contribution in [3.8, 4) is 0 Å². The lowest BCUT2D eigenvalue weighted by molar-refractivity contribution is -0.139. The largest absolute Gasteiger partial charge is 0.348 e. The summed E-state index contributed by atoms with van der Waals surface area (Å²) in [6, 6.07) is -1.85. The second-order valence-corrected chi connectivity index (χ2v) is 15.2. The number of hydrogen-bond acceptors (Lipinski definition) is 8. The normalized spacial score (nSPS) is 21.9. The van der Waals surface area contributed by atoms with Gasteiger partial charge in [-0.25, -0.2) is 4.98 Å². The Hall–Kier alpha value is -3.90. The summed E-state index contributed by atoms with van der Waals surface area (Å²) in [4.78, 5) is 83.3. The minimum atomic E-state index is -0.703. The van der Waals surface area contributed by atoms with Gasteiger partial charge >= 0.3 is 0 Å². The van der Waals surface area contributed by atoms with E-state index >= 15 is 0 Å². The van der Waals surface area contributed by atoms with Crippen molar-refractivity contribution in [2.45, 2.75) is 136 Å². The molecule has 278 valence electrons. The van der Waals surface area contributed by atoms with Gasteiger partial charge in [0.2, 0.25) is 24.0 Å². The van der Waals surface area contributed by atoms with Crippen molar-refractivity contribution in [3.63, 3.8) is 0 Å². The van der Waals surface area contributed by atoms with Gasteiger partial charge in [-0.05, 0) is 68.1 Å². The fourth-order valence-corrected chi connectivity index (χ4v) is 7.28. The number of carbonyl (C=O) groups excluding carboxylic acids is 6. The van der Waals surface area contributed by atoms with Gasteiger partial charge in [-0.15, -0.1) is 0 Å². The van der Waals surface area contributed by atoms with Crippen LogP contribution in [0, 0.1) is 23.2 Å². The number of nitrogens with zero attached hydrogens (tertiary/aromatic N) is 3. The number of carbonyl (C=O) groups is 6. The first-order valence-corrected chi connectivity index (χ1v) is 18.1. The molecular formula is C37H59N7O6. The number of ketones is 1. The summed E-state index contributed by atoms with van der Waals surface area (Å²) in [7, 11) is 0. The highest BCUT2D eigenvalue weighted by molar-refractivity contribution is 6.38. The van der Waals surface area contributed by atoms with E-state index in [1.165, 1.54) is 37.9 Å². The molecule has 13 nitrogen and oxygen atoms in total. The number of nitrogens with one attached hydrogen (secondary N) is 4. The Kier molecular flexibility index (Phi) is 15.3. The van der Waals surface area contributed by atoms with E-state index in [0.29, 0.717) is 24.7 Å². The Labute approximate surface area is 297 Å². The molecule has 1 aromatic rings. The molecule has 0 bridgehead atoms. The number of aromatic nitrogens is 2. The summed E-state index contributed by atoms with van der Waals surface area (Å²) in [5.74, 6) is -0.583. The van der Waals surface area contributed by atoms with Gasteiger partial charge in [-0.2, -0.15) is 0 Å². The van der Waals surface area contributed by atoms with Crippen molar-refractivity contribution in [2.24, 2.45) is 23.2 Å². The van der Waals surface area contributed by atoms with Crippen molar-refractivity contribution in [2.75, 3.05) is 13.1 Å². The molecule has 2 heterocycles. The first-order chi connectivity index (χ1) is 23.4. The molecule has 1 aromatic heterocycles. The molecule has 4 N–H and O–H groups in total. The van der Waals surface area contributed by atoms with Crippen molar-refractivity contribution in [1.29, 1.82) is 0 Å². The third-order valence-electron chi connectivity index (χ3n) is 10.2. The molecular weight excluding hydrogens is 638 g/mol. The van der Waals surface area contributed by atoms with E-state index in [1.54, 1.807) is 0 Å². The first-order valence-electron chi connectivity index (χ1n) is 18.1. The van der Waals surface area contributed by atoms with E-state index in [0.717, 1.165) is 64.5 Å². The Balaban J connectivity index is 0.000000356. The second-order valence-electron chi connectivity index (χ2n) is 15.2. The van der Waals surface area contributed by atoms with Crippen LogP contribution < -0.4 is 21.3 Å². The van der Waals surface area contributed by atoms with Crippen LogP contribution in [0.2, 0.25) is 0 Å². The summed E-state index contributed by atoms with van der Waals surface area (Å²) in [6.07, 6.45) is 16.6. The number of hydrogen-bond donors (Lipinski definition) is 4. The molecule has 5 rings (SSSR count). The third kappa shape index (κ3) is 11.3. The van der Waals surface area contributed by atoms with Crippen LogP contribution in [0.15, 0.2) is 18.6 Å². The maximum atomic E-state index is 13.6. The van der Waals surface area contributed by atoms with Gasteiger partial charge < -0.3 is 26.2 Å². The first kappa shape index (κ1) is 40.5. The van der Waals surface area contributed by atoms with Crippen molar-refractivity contribution >= 4 is 35.8 Å².